The smallest absolute Gasteiger partial charge is 0.337 e. The third-order valence-electron chi connectivity index (χ3n) is 3.82. The van der Waals surface area contributed by atoms with E-state index in [1.807, 2.05) is 0 Å². The predicted molar refractivity (Wildman–Crippen MR) is 97.5 cm³/mol. The average Bonchev–Trinajstić information content (AvgIpc) is 3.00. The zero-order chi connectivity index (χ0) is 16.9. The molecule has 0 aliphatic rings. The fourth-order valence-corrected chi connectivity index (χ4v) is 2.97. The van der Waals surface area contributed by atoms with Crippen molar-refractivity contribution in [1.82, 2.24) is 4.57 Å². The molecule has 0 saturated heterocycles. The van der Waals surface area contributed by atoms with Crippen LogP contribution in [0.3, 0.4) is 0 Å². The Bertz CT molecular complexity index is 839. The summed E-state index contributed by atoms with van der Waals surface area (Å²) >= 11 is 3.49. The van der Waals surface area contributed by atoms with Crippen molar-refractivity contribution < 1.29 is 14.3 Å². The van der Waals surface area contributed by atoms with Crippen molar-refractivity contribution in [1.29, 1.82) is 0 Å². The van der Waals surface area contributed by atoms with Gasteiger partial charge in [0.2, 0.25) is 0 Å². The van der Waals surface area contributed by atoms with Crippen molar-refractivity contribution >= 4 is 32.8 Å². The van der Waals surface area contributed by atoms with Gasteiger partial charge in [-0.25, -0.2) is 4.79 Å². The van der Waals surface area contributed by atoms with Crippen LogP contribution in [0.4, 0.5) is 0 Å². The van der Waals surface area contributed by atoms with Crippen molar-refractivity contribution in [2.75, 3.05) is 13.7 Å². The monoisotopic (exact) mass is 387 g/mol. The number of carbonyl (C=O) groups is 1. The Morgan fingerprint density at radius 1 is 1.12 bits per heavy atom. The summed E-state index contributed by atoms with van der Waals surface area (Å²) < 4.78 is 13.7. The molecule has 0 fully saturated rings. The van der Waals surface area contributed by atoms with Gasteiger partial charge in [0.25, 0.3) is 0 Å². The summed E-state index contributed by atoms with van der Waals surface area (Å²) in [6, 6.07) is 15.4. The van der Waals surface area contributed by atoms with Crippen molar-refractivity contribution in [2.24, 2.45) is 0 Å². The van der Waals surface area contributed by atoms with Gasteiger partial charge >= 0.3 is 5.97 Å². The number of aromatic nitrogens is 1. The standard InChI is InChI=1S/C19H18BrNO3/c1-23-19(22)14-3-6-17(7-4-14)24-12-2-10-21-11-9-15-13-16(20)5-8-18(15)21/h3-9,11,13H,2,10,12H2,1H3. The number of halogens is 1. The van der Waals surface area contributed by atoms with Crippen molar-refractivity contribution in [3.8, 4) is 5.75 Å². The molecule has 4 nitrogen and oxygen atoms in total. The molecule has 3 aromatic rings. The second-order valence-electron chi connectivity index (χ2n) is 5.43. The normalized spacial score (nSPS) is 10.8. The Morgan fingerprint density at radius 3 is 2.67 bits per heavy atom. The minimum Gasteiger partial charge on any atom is -0.494 e. The molecule has 3 rings (SSSR count). The second kappa shape index (κ2) is 7.53. The molecule has 0 aliphatic carbocycles. The summed E-state index contributed by atoms with van der Waals surface area (Å²) in [6.07, 6.45) is 3.00. The number of carbonyl (C=O) groups excluding carboxylic acids is 1. The molecule has 0 atom stereocenters. The van der Waals surface area contributed by atoms with E-state index in [2.05, 4.69) is 55.7 Å². The summed E-state index contributed by atoms with van der Waals surface area (Å²) in [7, 11) is 1.37. The molecule has 0 bridgehead atoms. The van der Waals surface area contributed by atoms with Gasteiger partial charge in [0.05, 0.1) is 19.3 Å². The molecule has 1 heterocycles. The number of fused-ring (bicyclic) bond motifs is 1. The summed E-state index contributed by atoms with van der Waals surface area (Å²) in [5.74, 6) is 0.414. The number of benzene rings is 2. The van der Waals surface area contributed by atoms with Crippen molar-refractivity contribution in [3.63, 3.8) is 0 Å². The van der Waals surface area contributed by atoms with Gasteiger partial charge < -0.3 is 14.0 Å². The lowest BCUT2D eigenvalue weighted by Gasteiger charge is -2.08. The van der Waals surface area contributed by atoms with Gasteiger partial charge in [0.15, 0.2) is 0 Å². The number of rotatable bonds is 6. The second-order valence-corrected chi connectivity index (χ2v) is 6.35. The van der Waals surface area contributed by atoms with Gasteiger partial charge in [-0.2, -0.15) is 0 Å². The molecule has 2 aromatic carbocycles. The topological polar surface area (TPSA) is 40.5 Å². The largest absolute Gasteiger partial charge is 0.494 e. The van der Waals surface area contributed by atoms with Crippen molar-refractivity contribution in [3.05, 3.63) is 64.8 Å². The Morgan fingerprint density at radius 2 is 1.92 bits per heavy atom. The van der Waals surface area contributed by atoms with E-state index in [1.54, 1.807) is 24.3 Å². The van der Waals surface area contributed by atoms with Gasteiger partial charge in [-0.15, -0.1) is 0 Å². The predicted octanol–water partition coefficient (Wildman–Crippen LogP) is 4.66. The fraction of sp³-hybridized carbons (Fsp3) is 0.211. The lowest BCUT2D eigenvalue weighted by Crippen LogP contribution is -2.04. The molecule has 0 N–H and O–H groups in total. The van der Waals surface area contributed by atoms with E-state index in [-0.39, 0.29) is 5.97 Å². The molecule has 1 aromatic heterocycles. The Balaban J connectivity index is 1.52. The maximum absolute atomic E-state index is 11.4. The molecular weight excluding hydrogens is 370 g/mol. The third-order valence-corrected chi connectivity index (χ3v) is 4.31. The Hall–Kier alpha value is -2.27. The number of ether oxygens (including phenoxy) is 2. The maximum atomic E-state index is 11.4. The Kier molecular flexibility index (Phi) is 5.20. The van der Waals surface area contributed by atoms with E-state index in [4.69, 9.17) is 4.74 Å². The lowest BCUT2D eigenvalue weighted by molar-refractivity contribution is 0.0600. The van der Waals surface area contributed by atoms with E-state index in [9.17, 15) is 4.79 Å². The highest BCUT2D eigenvalue weighted by Gasteiger charge is 2.05. The molecule has 5 heteroatoms. The number of hydrogen-bond acceptors (Lipinski definition) is 3. The summed E-state index contributed by atoms with van der Waals surface area (Å²) in [6.45, 7) is 1.51. The van der Waals surface area contributed by atoms with E-state index < -0.39 is 0 Å². The van der Waals surface area contributed by atoms with Crippen LogP contribution in [0.25, 0.3) is 10.9 Å². The van der Waals surface area contributed by atoms with Crippen LogP contribution < -0.4 is 4.74 Å². The number of aryl methyl sites for hydroxylation is 1. The highest BCUT2D eigenvalue weighted by atomic mass is 79.9. The maximum Gasteiger partial charge on any atom is 0.337 e. The molecule has 24 heavy (non-hydrogen) atoms. The van der Waals surface area contributed by atoms with Crippen molar-refractivity contribution in [2.45, 2.75) is 13.0 Å². The first-order valence-corrected chi connectivity index (χ1v) is 8.52. The number of nitrogens with zero attached hydrogens (tertiary/aromatic N) is 1. The van der Waals surface area contributed by atoms with E-state index in [0.717, 1.165) is 23.2 Å². The van der Waals surface area contributed by atoms with Gasteiger partial charge in [-0.05, 0) is 55.0 Å². The highest BCUT2D eigenvalue weighted by Crippen LogP contribution is 2.21. The number of hydrogen-bond donors (Lipinski definition) is 0. The van der Waals surface area contributed by atoms with Crippen LogP contribution in [0.1, 0.15) is 16.8 Å². The number of methoxy groups -OCH3 is 1. The van der Waals surface area contributed by atoms with Crippen LogP contribution in [0.2, 0.25) is 0 Å². The SMILES string of the molecule is COC(=O)c1ccc(OCCCn2ccc3cc(Br)ccc32)cc1. The molecule has 0 spiro atoms. The minimum absolute atomic E-state index is 0.340. The molecular formula is C19H18BrNO3. The first-order chi connectivity index (χ1) is 11.7. The van der Waals surface area contributed by atoms with Gasteiger partial charge in [0.1, 0.15) is 5.75 Å². The molecule has 0 amide bonds. The quantitative estimate of drug-likeness (QED) is 0.456. The van der Waals surface area contributed by atoms with Gasteiger partial charge in [-0.1, -0.05) is 15.9 Å². The molecule has 0 aliphatic heterocycles. The highest BCUT2D eigenvalue weighted by molar-refractivity contribution is 9.10. The summed E-state index contributed by atoms with van der Waals surface area (Å²) in [5.41, 5.74) is 1.75. The molecule has 0 unspecified atom stereocenters. The van der Waals surface area contributed by atoms with E-state index >= 15 is 0 Å². The molecule has 124 valence electrons. The van der Waals surface area contributed by atoms with Gasteiger partial charge in [0, 0.05) is 28.1 Å². The molecule has 0 saturated carbocycles. The lowest BCUT2D eigenvalue weighted by atomic mass is 10.2. The first kappa shape index (κ1) is 16.6. The molecule has 0 radical (unpaired) electrons. The van der Waals surface area contributed by atoms with Crippen LogP contribution in [-0.4, -0.2) is 24.3 Å². The average molecular weight is 388 g/mol. The summed E-state index contributed by atoms with van der Waals surface area (Å²) in [5, 5.41) is 1.23. The van der Waals surface area contributed by atoms with Crippen LogP contribution in [0.15, 0.2) is 59.2 Å². The van der Waals surface area contributed by atoms with E-state index in [1.165, 1.54) is 18.0 Å². The Labute approximate surface area is 149 Å². The van der Waals surface area contributed by atoms with Crippen LogP contribution >= 0.6 is 15.9 Å². The first-order valence-electron chi connectivity index (χ1n) is 7.73. The minimum atomic E-state index is -0.340. The van der Waals surface area contributed by atoms with Crippen LogP contribution in [0.5, 0.6) is 5.75 Å². The van der Waals surface area contributed by atoms with Crippen LogP contribution in [-0.2, 0) is 11.3 Å². The zero-order valence-electron chi connectivity index (χ0n) is 13.4. The number of esters is 1. The van der Waals surface area contributed by atoms with Crippen LogP contribution in [0, 0.1) is 0 Å². The van der Waals surface area contributed by atoms with Gasteiger partial charge in [-0.3, -0.25) is 0 Å². The fourth-order valence-electron chi connectivity index (χ4n) is 2.60. The third kappa shape index (κ3) is 3.79. The summed E-state index contributed by atoms with van der Waals surface area (Å²) in [4.78, 5) is 11.4. The van der Waals surface area contributed by atoms with E-state index in [0.29, 0.717) is 12.2 Å². The zero-order valence-corrected chi connectivity index (χ0v) is 15.0.